The van der Waals surface area contributed by atoms with Crippen molar-refractivity contribution in [1.82, 2.24) is 9.80 Å². The fourth-order valence-corrected chi connectivity index (χ4v) is 3.80. The van der Waals surface area contributed by atoms with Gasteiger partial charge in [0.1, 0.15) is 11.6 Å². The maximum absolute atomic E-state index is 13.9. The van der Waals surface area contributed by atoms with Crippen molar-refractivity contribution >= 4 is 11.8 Å². The Hall–Kier alpha value is -2.89. The van der Waals surface area contributed by atoms with Crippen LogP contribution in [0.2, 0.25) is 0 Å². The Bertz CT molecular complexity index is 913. The summed E-state index contributed by atoms with van der Waals surface area (Å²) in [6.45, 7) is 8.12. The van der Waals surface area contributed by atoms with E-state index in [1.165, 1.54) is 17.7 Å². The second kappa shape index (κ2) is 9.74. The first-order valence-electron chi connectivity index (χ1n) is 10.4. The predicted octanol–water partition coefficient (Wildman–Crippen LogP) is 4.01. The lowest BCUT2D eigenvalue weighted by molar-refractivity contribution is -0.133. The van der Waals surface area contributed by atoms with Gasteiger partial charge in [-0.25, -0.2) is 4.39 Å². The van der Waals surface area contributed by atoms with Crippen LogP contribution in [0.4, 0.5) is 4.39 Å². The second-order valence-corrected chi connectivity index (χ2v) is 7.97. The summed E-state index contributed by atoms with van der Waals surface area (Å²) >= 11 is 0. The van der Waals surface area contributed by atoms with Gasteiger partial charge in [-0.1, -0.05) is 32.0 Å². The van der Waals surface area contributed by atoms with Gasteiger partial charge in [-0.2, -0.15) is 0 Å². The van der Waals surface area contributed by atoms with Crippen molar-refractivity contribution in [2.75, 3.05) is 32.8 Å². The third kappa shape index (κ3) is 5.17. The van der Waals surface area contributed by atoms with Crippen molar-refractivity contribution in [3.63, 3.8) is 0 Å². The van der Waals surface area contributed by atoms with Gasteiger partial charge in [0.25, 0.3) is 11.8 Å². The minimum atomic E-state index is -0.521. The number of hydrogen-bond donors (Lipinski definition) is 0. The molecule has 1 heterocycles. The van der Waals surface area contributed by atoms with E-state index in [-0.39, 0.29) is 24.0 Å². The van der Waals surface area contributed by atoms with Crippen LogP contribution in [-0.4, -0.2) is 54.4 Å². The summed E-state index contributed by atoms with van der Waals surface area (Å²) in [6.07, 6.45) is 0.647. The van der Waals surface area contributed by atoms with E-state index in [1.54, 1.807) is 21.9 Å². The largest absolute Gasteiger partial charge is 0.484 e. The first kappa shape index (κ1) is 21.8. The Morgan fingerprint density at radius 1 is 1.03 bits per heavy atom. The molecule has 30 heavy (non-hydrogen) atoms. The average molecular weight is 413 g/mol. The normalized spacial score (nSPS) is 14.6. The zero-order chi connectivity index (χ0) is 21.7. The van der Waals surface area contributed by atoms with Crippen molar-refractivity contribution < 1.29 is 18.7 Å². The lowest BCUT2D eigenvalue weighted by atomic mass is 9.98. The van der Waals surface area contributed by atoms with Crippen LogP contribution in [0.15, 0.2) is 42.5 Å². The van der Waals surface area contributed by atoms with Crippen molar-refractivity contribution in [3.8, 4) is 5.75 Å². The molecule has 0 atom stereocenters. The molecule has 0 bridgehead atoms. The minimum Gasteiger partial charge on any atom is -0.484 e. The number of rotatable bonds is 5. The van der Waals surface area contributed by atoms with E-state index in [2.05, 4.69) is 13.8 Å². The van der Waals surface area contributed by atoms with Crippen LogP contribution < -0.4 is 4.74 Å². The van der Waals surface area contributed by atoms with Crippen LogP contribution >= 0.6 is 0 Å². The number of benzene rings is 2. The lowest BCUT2D eigenvalue weighted by Crippen LogP contribution is -2.39. The molecule has 0 N–H and O–H groups in total. The Labute approximate surface area is 177 Å². The molecular formula is C24H29FN2O3. The van der Waals surface area contributed by atoms with E-state index in [9.17, 15) is 14.0 Å². The molecule has 0 saturated carbocycles. The van der Waals surface area contributed by atoms with Gasteiger partial charge in [0, 0.05) is 26.2 Å². The molecule has 2 aromatic rings. The van der Waals surface area contributed by atoms with Crippen LogP contribution in [0.3, 0.4) is 0 Å². The molecule has 160 valence electrons. The molecule has 1 aliphatic rings. The summed E-state index contributed by atoms with van der Waals surface area (Å²) in [4.78, 5) is 28.6. The van der Waals surface area contributed by atoms with Crippen molar-refractivity contribution in [2.24, 2.45) is 0 Å². The Balaban J connectivity index is 1.55. The van der Waals surface area contributed by atoms with Gasteiger partial charge < -0.3 is 14.5 Å². The van der Waals surface area contributed by atoms with Crippen LogP contribution in [0.1, 0.15) is 47.7 Å². The zero-order valence-corrected chi connectivity index (χ0v) is 17.9. The van der Waals surface area contributed by atoms with E-state index in [1.807, 2.05) is 25.1 Å². The number of nitrogens with zero attached hydrogens (tertiary/aromatic N) is 2. The molecule has 1 aliphatic heterocycles. The van der Waals surface area contributed by atoms with Gasteiger partial charge in [0.2, 0.25) is 0 Å². The number of hydrogen-bond acceptors (Lipinski definition) is 3. The monoisotopic (exact) mass is 412 g/mol. The van der Waals surface area contributed by atoms with E-state index >= 15 is 0 Å². The molecule has 0 unspecified atom stereocenters. The van der Waals surface area contributed by atoms with Crippen LogP contribution in [-0.2, 0) is 4.79 Å². The molecule has 0 radical (unpaired) electrons. The van der Waals surface area contributed by atoms with Gasteiger partial charge in [-0.05, 0) is 54.7 Å². The molecule has 6 heteroatoms. The SMILES string of the molecule is Cc1cc(OCC(=O)N2CCCN(C(=O)c3ccccc3F)CC2)ccc1C(C)C. The van der Waals surface area contributed by atoms with Gasteiger partial charge in [0.05, 0.1) is 5.56 Å². The summed E-state index contributed by atoms with van der Waals surface area (Å²) in [7, 11) is 0. The fraction of sp³-hybridized carbons (Fsp3) is 0.417. The third-order valence-corrected chi connectivity index (χ3v) is 5.47. The van der Waals surface area contributed by atoms with Crippen LogP contribution in [0.5, 0.6) is 5.75 Å². The predicted molar refractivity (Wildman–Crippen MR) is 114 cm³/mol. The highest BCUT2D eigenvalue weighted by Gasteiger charge is 2.24. The Kier molecular flexibility index (Phi) is 7.08. The highest BCUT2D eigenvalue weighted by atomic mass is 19.1. The van der Waals surface area contributed by atoms with E-state index in [4.69, 9.17) is 4.74 Å². The third-order valence-electron chi connectivity index (χ3n) is 5.47. The molecule has 1 saturated heterocycles. The number of halogens is 1. The molecule has 1 fully saturated rings. The summed E-state index contributed by atoms with van der Waals surface area (Å²) in [5, 5.41) is 0. The molecule has 3 rings (SSSR count). The molecular weight excluding hydrogens is 383 g/mol. The van der Waals surface area contributed by atoms with Crippen molar-refractivity contribution in [3.05, 3.63) is 65.0 Å². The van der Waals surface area contributed by atoms with Crippen LogP contribution in [0.25, 0.3) is 0 Å². The first-order chi connectivity index (χ1) is 14.4. The standard InChI is InChI=1S/C24H29FN2O3/c1-17(2)20-10-9-19(15-18(20)3)30-16-23(28)26-11-6-12-27(14-13-26)24(29)21-7-4-5-8-22(21)25/h4-5,7-10,15,17H,6,11-14,16H2,1-3H3. The number of amides is 2. The van der Waals surface area contributed by atoms with Gasteiger partial charge in [-0.15, -0.1) is 0 Å². The zero-order valence-electron chi connectivity index (χ0n) is 17.9. The second-order valence-electron chi connectivity index (χ2n) is 7.97. The molecule has 0 spiro atoms. The first-order valence-corrected chi connectivity index (χ1v) is 10.4. The van der Waals surface area contributed by atoms with E-state index in [0.29, 0.717) is 44.3 Å². The van der Waals surface area contributed by atoms with Crippen molar-refractivity contribution in [2.45, 2.75) is 33.1 Å². The molecule has 2 amide bonds. The summed E-state index contributed by atoms with van der Waals surface area (Å²) in [5.74, 6) is 0.149. The maximum Gasteiger partial charge on any atom is 0.260 e. The quantitative estimate of drug-likeness (QED) is 0.746. The lowest BCUT2D eigenvalue weighted by Gasteiger charge is -2.22. The van der Waals surface area contributed by atoms with Gasteiger partial charge in [0.15, 0.2) is 6.61 Å². The van der Waals surface area contributed by atoms with Crippen LogP contribution in [0, 0.1) is 12.7 Å². The maximum atomic E-state index is 13.9. The summed E-state index contributed by atoms with van der Waals surface area (Å²) in [5.41, 5.74) is 2.48. The van der Waals surface area contributed by atoms with E-state index < -0.39 is 5.82 Å². The number of carbonyl (C=O) groups excluding carboxylic acids is 2. The molecule has 0 aliphatic carbocycles. The molecule has 0 aromatic heterocycles. The molecule has 5 nitrogen and oxygen atoms in total. The summed E-state index contributed by atoms with van der Waals surface area (Å²) < 4.78 is 19.6. The van der Waals surface area contributed by atoms with Gasteiger partial charge >= 0.3 is 0 Å². The topological polar surface area (TPSA) is 49.9 Å². The fourth-order valence-electron chi connectivity index (χ4n) is 3.80. The average Bonchev–Trinajstić information content (AvgIpc) is 2.98. The van der Waals surface area contributed by atoms with Gasteiger partial charge in [-0.3, -0.25) is 9.59 Å². The molecule has 2 aromatic carbocycles. The minimum absolute atomic E-state index is 0.0400. The van der Waals surface area contributed by atoms with E-state index in [0.717, 1.165) is 5.56 Å². The number of carbonyl (C=O) groups is 2. The van der Waals surface area contributed by atoms with Crippen molar-refractivity contribution in [1.29, 1.82) is 0 Å². The highest BCUT2D eigenvalue weighted by Crippen LogP contribution is 2.23. The Morgan fingerprint density at radius 2 is 1.73 bits per heavy atom. The highest BCUT2D eigenvalue weighted by molar-refractivity contribution is 5.94. The smallest absolute Gasteiger partial charge is 0.260 e. The summed E-state index contributed by atoms with van der Waals surface area (Å²) in [6, 6.07) is 11.9. The number of aryl methyl sites for hydroxylation is 1. The Morgan fingerprint density at radius 3 is 2.43 bits per heavy atom. The number of ether oxygens (including phenoxy) is 1.